The second kappa shape index (κ2) is 5.53. The fourth-order valence-corrected chi connectivity index (χ4v) is 2.36. The molecule has 1 aromatic heterocycles. The number of para-hydroxylation sites is 1. The first-order valence-corrected chi connectivity index (χ1v) is 6.40. The van der Waals surface area contributed by atoms with E-state index in [9.17, 15) is 9.59 Å². The number of hydrogen-bond donors (Lipinski definition) is 3. The summed E-state index contributed by atoms with van der Waals surface area (Å²) in [6, 6.07) is 8.98. The molecule has 1 aromatic carbocycles. The molecule has 0 saturated carbocycles. The molecule has 5 nitrogen and oxygen atoms in total. The molecule has 0 aliphatic heterocycles. The highest BCUT2D eigenvalue weighted by Gasteiger charge is 2.15. The maximum absolute atomic E-state index is 12.1. The zero-order valence-electron chi connectivity index (χ0n) is 10.1. The van der Waals surface area contributed by atoms with Gasteiger partial charge in [-0.1, -0.05) is 18.2 Å². The smallest absolute Gasteiger partial charge is 0.409 e. The Morgan fingerprint density at radius 3 is 2.58 bits per heavy atom. The van der Waals surface area contributed by atoms with E-state index in [0.29, 0.717) is 16.3 Å². The maximum atomic E-state index is 12.1. The molecule has 1 heterocycles. The Labute approximate surface area is 113 Å². The van der Waals surface area contributed by atoms with Gasteiger partial charge >= 0.3 is 6.09 Å². The molecule has 2 rings (SSSR count). The number of carbonyl (C=O) groups excluding carboxylic acids is 1. The van der Waals surface area contributed by atoms with E-state index in [0.717, 1.165) is 5.56 Å². The number of amides is 2. The highest BCUT2D eigenvalue weighted by atomic mass is 32.1. The summed E-state index contributed by atoms with van der Waals surface area (Å²) in [7, 11) is 0. The molecule has 6 heteroatoms. The van der Waals surface area contributed by atoms with E-state index in [1.54, 1.807) is 17.5 Å². The van der Waals surface area contributed by atoms with E-state index in [2.05, 4.69) is 10.6 Å². The molecule has 0 saturated heterocycles. The highest BCUT2D eigenvalue weighted by Crippen LogP contribution is 2.24. The summed E-state index contributed by atoms with van der Waals surface area (Å²) in [5.41, 5.74) is 1.97. The van der Waals surface area contributed by atoms with E-state index in [1.807, 2.05) is 25.1 Å². The van der Waals surface area contributed by atoms with Crippen molar-refractivity contribution in [1.82, 2.24) is 0 Å². The molecule has 2 aromatic rings. The van der Waals surface area contributed by atoms with Gasteiger partial charge in [-0.25, -0.2) is 4.79 Å². The number of carboxylic acid groups (broad SMARTS) is 1. The molecule has 19 heavy (non-hydrogen) atoms. The Morgan fingerprint density at radius 2 is 1.89 bits per heavy atom. The van der Waals surface area contributed by atoms with Gasteiger partial charge in [0.1, 0.15) is 5.00 Å². The highest BCUT2D eigenvalue weighted by molar-refractivity contribution is 7.14. The third-order valence-electron chi connectivity index (χ3n) is 2.52. The number of benzene rings is 1. The molecule has 0 aliphatic carbocycles. The van der Waals surface area contributed by atoms with Crippen molar-refractivity contribution in [1.29, 1.82) is 0 Å². The van der Waals surface area contributed by atoms with Crippen LogP contribution in [0.3, 0.4) is 0 Å². The Balaban J connectivity index is 2.19. The second-order valence-corrected chi connectivity index (χ2v) is 4.78. The van der Waals surface area contributed by atoms with Crippen LogP contribution >= 0.6 is 11.3 Å². The maximum Gasteiger partial charge on any atom is 0.409 e. The molecule has 0 unspecified atom stereocenters. The van der Waals surface area contributed by atoms with Crippen molar-refractivity contribution in [3.63, 3.8) is 0 Å². The minimum absolute atomic E-state index is 0.315. The summed E-state index contributed by atoms with van der Waals surface area (Å²) >= 11 is 1.17. The third-order valence-corrected chi connectivity index (χ3v) is 3.35. The lowest BCUT2D eigenvalue weighted by molar-refractivity contribution is 0.102. The van der Waals surface area contributed by atoms with Gasteiger partial charge in [-0.3, -0.25) is 10.1 Å². The minimum atomic E-state index is -1.19. The molecule has 0 atom stereocenters. The standard InChI is InChI=1S/C13H12N2O3S/c1-8-4-2-3-5-10(8)14-11(16)9-6-7-19-12(9)15-13(17)18/h2-7,15H,1H3,(H,14,16)(H,17,18). The Kier molecular flexibility index (Phi) is 3.82. The van der Waals surface area contributed by atoms with E-state index in [-0.39, 0.29) is 5.91 Å². The fraction of sp³-hybridized carbons (Fsp3) is 0.0769. The SMILES string of the molecule is Cc1ccccc1NC(=O)c1ccsc1NC(=O)O. The van der Waals surface area contributed by atoms with Crippen molar-refractivity contribution in [3.8, 4) is 0 Å². The predicted molar refractivity (Wildman–Crippen MR) is 75.1 cm³/mol. The average Bonchev–Trinajstić information content (AvgIpc) is 2.79. The minimum Gasteiger partial charge on any atom is -0.465 e. The zero-order chi connectivity index (χ0) is 13.8. The first-order chi connectivity index (χ1) is 9.08. The molecule has 0 radical (unpaired) electrons. The van der Waals surface area contributed by atoms with Gasteiger partial charge < -0.3 is 10.4 Å². The van der Waals surface area contributed by atoms with E-state index in [4.69, 9.17) is 5.11 Å². The molecule has 98 valence electrons. The Bertz CT molecular complexity index is 622. The molecule has 2 amide bonds. The van der Waals surface area contributed by atoms with Crippen LogP contribution in [0.2, 0.25) is 0 Å². The molecule has 0 aliphatic rings. The lowest BCUT2D eigenvalue weighted by atomic mass is 10.2. The number of thiophene rings is 1. The van der Waals surface area contributed by atoms with Gasteiger partial charge in [0.15, 0.2) is 0 Å². The van der Waals surface area contributed by atoms with Crippen molar-refractivity contribution in [2.45, 2.75) is 6.92 Å². The Hall–Kier alpha value is -2.34. The summed E-state index contributed by atoms with van der Waals surface area (Å²) in [5.74, 6) is -0.334. The van der Waals surface area contributed by atoms with Crippen molar-refractivity contribution >= 4 is 34.0 Å². The van der Waals surface area contributed by atoms with Crippen LogP contribution in [-0.4, -0.2) is 17.1 Å². The van der Waals surface area contributed by atoms with E-state index >= 15 is 0 Å². The number of carbonyl (C=O) groups is 2. The molecular weight excluding hydrogens is 264 g/mol. The van der Waals surface area contributed by atoms with Gasteiger partial charge in [0, 0.05) is 5.69 Å². The van der Waals surface area contributed by atoms with Crippen LogP contribution in [0.1, 0.15) is 15.9 Å². The summed E-state index contributed by atoms with van der Waals surface area (Å²) in [4.78, 5) is 22.7. The quantitative estimate of drug-likeness (QED) is 0.804. The number of hydrogen-bond acceptors (Lipinski definition) is 3. The van der Waals surface area contributed by atoms with Gasteiger partial charge in [0.2, 0.25) is 0 Å². The van der Waals surface area contributed by atoms with Crippen molar-refractivity contribution < 1.29 is 14.7 Å². The lowest BCUT2D eigenvalue weighted by Gasteiger charge is -2.08. The summed E-state index contributed by atoms with van der Waals surface area (Å²) in [6.07, 6.45) is -1.19. The number of aryl methyl sites for hydroxylation is 1. The lowest BCUT2D eigenvalue weighted by Crippen LogP contribution is -2.15. The topological polar surface area (TPSA) is 78.4 Å². The van der Waals surface area contributed by atoms with Crippen LogP contribution in [0, 0.1) is 6.92 Å². The van der Waals surface area contributed by atoms with Gasteiger partial charge in [0.25, 0.3) is 5.91 Å². The average molecular weight is 276 g/mol. The summed E-state index contributed by atoms with van der Waals surface area (Å²) in [6.45, 7) is 1.89. The van der Waals surface area contributed by atoms with Gasteiger partial charge in [-0.05, 0) is 30.0 Å². The summed E-state index contributed by atoms with van der Waals surface area (Å²) in [5, 5.41) is 15.6. The monoisotopic (exact) mass is 276 g/mol. The van der Waals surface area contributed by atoms with E-state index in [1.165, 1.54) is 11.3 Å². The normalized spacial score (nSPS) is 9.95. The number of nitrogens with one attached hydrogen (secondary N) is 2. The van der Waals surface area contributed by atoms with Gasteiger partial charge in [-0.15, -0.1) is 11.3 Å². The molecule has 3 N–H and O–H groups in total. The van der Waals surface area contributed by atoms with Crippen molar-refractivity contribution in [2.24, 2.45) is 0 Å². The second-order valence-electron chi connectivity index (χ2n) is 3.86. The molecular formula is C13H12N2O3S. The first-order valence-electron chi connectivity index (χ1n) is 5.52. The van der Waals surface area contributed by atoms with Crippen LogP contribution in [-0.2, 0) is 0 Å². The number of anilines is 2. The third kappa shape index (κ3) is 3.11. The molecule has 0 spiro atoms. The Morgan fingerprint density at radius 1 is 1.16 bits per heavy atom. The van der Waals surface area contributed by atoms with Crippen LogP contribution in [0.4, 0.5) is 15.5 Å². The van der Waals surface area contributed by atoms with Crippen molar-refractivity contribution in [3.05, 3.63) is 46.8 Å². The van der Waals surface area contributed by atoms with E-state index < -0.39 is 6.09 Å². The summed E-state index contributed by atoms with van der Waals surface area (Å²) < 4.78 is 0. The van der Waals surface area contributed by atoms with Gasteiger partial charge in [0.05, 0.1) is 5.56 Å². The van der Waals surface area contributed by atoms with Crippen molar-refractivity contribution in [2.75, 3.05) is 10.6 Å². The van der Waals surface area contributed by atoms with Gasteiger partial charge in [-0.2, -0.15) is 0 Å². The zero-order valence-corrected chi connectivity index (χ0v) is 11.0. The molecule has 0 fully saturated rings. The largest absolute Gasteiger partial charge is 0.465 e. The van der Waals surface area contributed by atoms with Crippen LogP contribution < -0.4 is 10.6 Å². The van der Waals surface area contributed by atoms with Crippen LogP contribution in [0.5, 0.6) is 0 Å². The molecule has 0 bridgehead atoms. The van der Waals surface area contributed by atoms with Crippen LogP contribution in [0.15, 0.2) is 35.7 Å². The van der Waals surface area contributed by atoms with Crippen LogP contribution in [0.25, 0.3) is 0 Å². The predicted octanol–water partition coefficient (Wildman–Crippen LogP) is 3.40. The first kappa shape index (κ1) is 13.1. The fourth-order valence-electron chi connectivity index (χ4n) is 1.58. The number of rotatable bonds is 3.